The Bertz CT molecular complexity index is 209. The van der Waals surface area contributed by atoms with Crippen LogP contribution in [-0.2, 0) is 0 Å². The largest absolute Gasteiger partial charge is 1.00 e. The second kappa shape index (κ2) is 3.78. The highest BCUT2D eigenvalue weighted by molar-refractivity contribution is 6.32. The van der Waals surface area contributed by atoms with Crippen molar-refractivity contribution in [3.63, 3.8) is 0 Å². The molecule has 0 aliphatic heterocycles. The summed E-state index contributed by atoms with van der Waals surface area (Å²) in [6.07, 6.45) is 1.64. The van der Waals surface area contributed by atoms with Gasteiger partial charge >= 0.3 is 5.88 Å². The zero-order chi connectivity index (χ0) is 6.85. The molecular formula is C6H7BrClNO. The van der Waals surface area contributed by atoms with Crippen molar-refractivity contribution in [2.45, 2.75) is 6.92 Å². The SMILES string of the molecule is Cc1cc[nH+]c(O)c1Cl.[Br-]. The molecule has 4 heteroatoms. The predicted octanol–water partition coefficient (Wildman–Crippen LogP) is -1.83. The summed E-state index contributed by atoms with van der Waals surface area (Å²) >= 11 is 5.60. The fourth-order valence-corrected chi connectivity index (χ4v) is 0.686. The van der Waals surface area contributed by atoms with Crippen LogP contribution in [0.3, 0.4) is 0 Å². The molecule has 10 heavy (non-hydrogen) atoms. The third kappa shape index (κ3) is 1.85. The minimum Gasteiger partial charge on any atom is -1.00 e. The third-order valence-electron chi connectivity index (χ3n) is 1.11. The van der Waals surface area contributed by atoms with Gasteiger partial charge < -0.3 is 22.1 Å². The van der Waals surface area contributed by atoms with Gasteiger partial charge in [-0.1, -0.05) is 11.6 Å². The first-order chi connectivity index (χ1) is 4.22. The van der Waals surface area contributed by atoms with Crippen molar-refractivity contribution in [2.75, 3.05) is 0 Å². The number of rotatable bonds is 0. The normalized spacial score (nSPS) is 8.60. The maximum absolute atomic E-state index is 8.91. The molecule has 0 spiro atoms. The van der Waals surface area contributed by atoms with E-state index in [1.165, 1.54) is 0 Å². The zero-order valence-corrected chi connectivity index (χ0v) is 7.70. The topological polar surface area (TPSA) is 34.4 Å². The molecule has 0 aliphatic rings. The molecule has 0 radical (unpaired) electrons. The lowest BCUT2D eigenvalue weighted by atomic mass is 10.3. The molecule has 0 amide bonds. The lowest BCUT2D eigenvalue weighted by Crippen LogP contribution is -3.00. The summed E-state index contributed by atoms with van der Waals surface area (Å²) in [4.78, 5) is 2.56. The minimum absolute atomic E-state index is 0. The maximum Gasteiger partial charge on any atom is 0.383 e. The molecule has 0 bridgehead atoms. The molecule has 0 saturated carbocycles. The van der Waals surface area contributed by atoms with Crippen LogP contribution in [0.5, 0.6) is 5.88 Å². The van der Waals surface area contributed by atoms with Gasteiger partial charge in [0.05, 0.1) is 0 Å². The van der Waals surface area contributed by atoms with Crippen molar-refractivity contribution >= 4 is 11.6 Å². The molecule has 0 fully saturated rings. The van der Waals surface area contributed by atoms with E-state index in [4.69, 9.17) is 16.7 Å². The lowest BCUT2D eigenvalue weighted by Gasteiger charge is -1.90. The molecule has 0 atom stereocenters. The highest BCUT2D eigenvalue weighted by atomic mass is 79.9. The Kier molecular flexibility index (Phi) is 3.68. The fraction of sp³-hybridized carbons (Fsp3) is 0.167. The van der Waals surface area contributed by atoms with Gasteiger partial charge in [-0.2, -0.15) is 4.98 Å². The van der Waals surface area contributed by atoms with Gasteiger partial charge in [0.15, 0.2) is 11.2 Å². The smallest absolute Gasteiger partial charge is 0.383 e. The summed E-state index contributed by atoms with van der Waals surface area (Å²) < 4.78 is 0. The van der Waals surface area contributed by atoms with E-state index >= 15 is 0 Å². The Hall–Kier alpha value is -0.280. The first kappa shape index (κ1) is 9.72. The van der Waals surface area contributed by atoms with E-state index in [1.807, 2.05) is 6.92 Å². The van der Waals surface area contributed by atoms with E-state index < -0.39 is 0 Å². The molecule has 1 aromatic rings. The monoisotopic (exact) mass is 223 g/mol. The summed E-state index contributed by atoms with van der Waals surface area (Å²) in [5, 5.41) is 9.30. The molecule has 2 nitrogen and oxygen atoms in total. The van der Waals surface area contributed by atoms with Crippen LogP contribution in [-0.4, -0.2) is 5.11 Å². The second-order valence-corrected chi connectivity index (χ2v) is 2.20. The van der Waals surface area contributed by atoms with Crippen molar-refractivity contribution in [1.29, 1.82) is 0 Å². The average molecular weight is 224 g/mol. The van der Waals surface area contributed by atoms with Crippen molar-refractivity contribution in [1.82, 2.24) is 0 Å². The Labute approximate surface area is 74.6 Å². The highest BCUT2D eigenvalue weighted by Crippen LogP contribution is 2.19. The number of aromatic nitrogens is 1. The lowest BCUT2D eigenvalue weighted by molar-refractivity contribution is -0.394. The molecule has 0 aromatic carbocycles. The van der Waals surface area contributed by atoms with Crippen molar-refractivity contribution in [2.24, 2.45) is 0 Å². The first-order valence-electron chi connectivity index (χ1n) is 2.57. The average Bonchev–Trinajstić information content (AvgIpc) is 1.83. The molecule has 1 rings (SSSR count). The van der Waals surface area contributed by atoms with E-state index in [1.54, 1.807) is 12.3 Å². The molecule has 56 valence electrons. The number of halogens is 2. The summed E-state index contributed by atoms with van der Waals surface area (Å²) in [5.41, 5.74) is 0.868. The first-order valence-corrected chi connectivity index (χ1v) is 2.95. The quantitative estimate of drug-likeness (QED) is 0.553. The molecular weight excluding hydrogens is 217 g/mol. The number of hydrogen-bond donors (Lipinski definition) is 1. The van der Waals surface area contributed by atoms with Crippen LogP contribution in [0.4, 0.5) is 0 Å². The molecule has 1 heterocycles. The van der Waals surface area contributed by atoms with Crippen LogP contribution in [0.25, 0.3) is 0 Å². The number of aryl methyl sites for hydroxylation is 1. The Morgan fingerprint density at radius 1 is 1.60 bits per heavy atom. The second-order valence-electron chi connectivity index (χ2n) is 1.82. The minimum atomic E-state index is 0. The van der Waals surface area contributed by atoms with E-state index in [-0.39, 0.29) is 22.9 Å². The number of aromatic amines is 1. The van der Waals surface area contributed by atoms with Crippen molar-refractivity contribution < 1.29 is 27.1 Å². The standard InChI is InChI=1S/C6H6ClNO.BrH/c1-4-2-3-8-6(9)5(4)7;/h2-3H,1H3,(H,8,9);1H. The van der Waals surface area contributed by atoms with Crippen LogP contribution >= 0.6 is 11.6 Å². The van der Waals surface area contributed by atoms with Gasteiger partial charge in [-0.15, -0.1) is 0 Å². The Balaban J connectivity index is 0.000000810. The van der Waals surface area contributed by atoms with Crippen molar-refractivity contribution in [3.8, 4) is 5.88 Å². The molecule has 0 unspecified atom stereocenters. The van der Waals surface area contributed by atoms with E-state index in [0.717, 1.165) is 5.56 Å². The number of hydrogen-bond acceptors (Lipinski definition) is 1. The van der Waals surface area contributed by atoms with E-state index in [9.17, 15) is 0 Å². The van der Waals surface area contributed by atoms with Crippen LogP contribution in [0.15, 0.2) is 12.3 Å². The van der Waals surface area contributed by atoms with Gasteiger partial charge in [-0.3, -0.25) is 0 Å². The van der Waals surface area contributed by atoms with Crippen LogP contribution in [0.1, 0.15) is 5.56 Å². The number of pyridine rings is 1. The molecule has 1 aromatic heterocycles. The van der Waals surface area contributed by atoms with E-state index in [2.05, 4.69) is 4.98 Å². The van der Waals surface area contributed by atoms with Crippen molar-refractivity contribution in [3.05, 3.63) is 22.8 Å². The molecule has 0 aliphatic carbocycles. The summed E-state index contributed by atoms with van der Waals surface area (Å²) in [6.45, 7) is 1.83. The fourth-order valence-electron chi connectivity index (χ4n) is 0.569. The van der Waals surface area contributed by atoms with Gasteiger partial charge in [-0.25, -0.2) is 0 Å². The van der Waals surface area contributed by atoms with Gasteiger partial charge in [0, 0.05) is 6.07 Å². The van der Waals surface area contributed by atoms with Gasteiger partial charge in [0.1, 0.15) is 0 Å². The van der Waals surface area contributed by atoms with Crippen LogP contribution in [0, 0.1) is 6.92 Å². The van der Waals surface area contributed by atoms with Gasteiger partial charge in [0.25, 0.3) is 0 Å². The molecule has 2 N–H and O–H groups in total. The predicted molar refractivity (Wildman–Crippen MR) is 34.4 cm³/mol. The third-order valence-corrected chi connectivity index (χ3v) is 1.58. The highest BCUT2D eigenvalue weighted by Gasteiger charge is 2.05. The van der Waals surface area contributed by atoms with Gasteiger partial charge in [0.2, 0.25) is 0 Å². The van der Waals surface area contributed by atoms with E-state index in [0.29, 0.717) is 5.02 Å². The van der Waals surface area contributed by atoms with Crippen LogP contribution < -0.4 is 22.0 Å². The summed E-state index contributed by atoms with van der Waals surface area (Å²) in [7, 11) is 0. The summed E-state index contributed by atoms with van der Waals surface area (Å²) in [5.74, 6) is 0.0247. The van der Waals surface area contributed by atoms with Gasteiger partial charge in [-0.05, 0) is 12.5 Å². The number of nitrogens with one attached hydrogen (secondary N) is 1. The summed E-state index contributed by atoms with van der Waals surface area (Å²) in [6, 6.07) is 1.79. The Morgan fingerprint density at radius 3 is 2.60 bits per heavy atom. The van der Waals surface area contributed by atoms with Crippen LogP contribution in [0.2, 0.25) is 5.02 Å². The number of H-pyrrole nitrogens is 1. The molecule has 0 saturated heterocycles. The number of aromatic hydroxyl groups is 1. The zero-order valence-electron chi connectivity index (χ0n) is 5.36. The Morgan fingerprint density at radius 2 is 2.20 bits per heavy atom. The maximum atomic E-state index is 8.91.